The Morgan fingerprint density at radius 1 is 0.423 bits per heavy atom. The molecule has 0 spiro atoms. The van der Waals surface area contributed by atoms with Crippen molar-refractivity contribution in [3.8, 4) is 11.3 Å². The van der Waals surface area contributed by atoms with E-state index in [2.05, 4.69) is 51.4 Å². The highest BCUT2D eigenvalue weighted by molar-refractivity contribution is 6.02. The van der Waals surface area contributed by atoms with E-state index in [-0.39, 0.29) is 0 Å². The van der Waals surface area contributed by atoms with Crippen LogP contribution in [0.5, 0.6) is 0 Å². The minimum absolute atomic E-state index is 0.977. The van der Waals surface area contributed by atoms with Gasteiger partial charge in [0.2, 0.25) is 0 Å². The zero-order chi connectivity index (χ0) is 17.6. The smallest absolute Gasteiger partial charge is 0.0964 e. The lowest BCUT2D eigenvalue weighted by Crippen LogP contribution is -1.83. The molecule has 5 rings (SSSR count). The van der Waals surface area contributed by atoms with E-state index in [0.717, 1.165) is 33.1 Å². The summed E-state index contributed by atoms with van der Waals surface area (Å²) in [5.74, 6) is 0. The molecule has 0 atom stereocenters. The number of aromatic nitrogens is 3. The summed E-state index contributed by atoms with van der Waals surface area (Å²) in [6.45, 7) is 0. The van der Waals surface area contributed by atoms with Crippen molar-refractivity contribution >= 4 is 21.8 Å². The second kappa shape index (κ2) is 7.53. The molecule has 0 fully saturated rings. The van der Waals surface area contributed by atoms with Gasteiger partial charge in [-0.15, -0.1) is 0 Å². The third-order valence-electron chi connectivity index (χ3n) is 4.08. The molecule has 0 unspecified atom stereocenters. The summed E-state index contributed by atoms with van der Waals surface area (Å²) in [6.07, 6.45) is 5.41. The van der Waals surface area contributed by atoms with Crippen molar-refractivity contribution in [2.75, 3.05) is 0 Å². The number of benzene rings is 2. The van der Waals surface area contributed by atoms with Gasteiger partial charge in [-0.1, -0.05) is 60.7 Å². The predicted molar refractivity (Wildman–Crippen MR) is 107 cm³/mol. The number of nitrogens with zero attached hydrogens (tertiary/aromatic N) is 3. The highest BCUT2D eigenvalue weighted by atomic mass is 14.7. The van der Waals surface area contributed by atoms with Gasteiger partial charge in [0.15, 0.2) is 0 Å². The minimum Gasteiger partial charge on any atom is -0.256 e. The third kappa shape index (κ3) is 3.42. The molecule has 5 aromatic rings. The molecule has 0 amide bonds. The molecule has 0 aliphatic heterocycles. The van der Waals surface area contributed by atoms with E-state index in [1.54, 1.807) is 12.4 Å². The lowest BCUT2D eigenvalue weighted by molar-refractivity contribution is 1.33. The van der Waals surface area contributed by atoms with Crippen molar-refractivity contribution in [3.63, 3.8) is 0 Å². The van der Waals surface area contributed by atoms with Gasteiger partial charge in [0.05, 0.1) is 16.7 Å². The van der Waals surface area contributed by atoms with E-state index in [1.807, 2.05) is 54.7 Å². The average molecular weight is 335 g/mol. The van der Waals surface area contributed by atoms with E-state index < -0.39 is 0 Å². The van der Waals surface area contributed by atoms with Crippen LogP contribution in [-0.4, -0.2) is 15.0 Å². The van der Waals surface area contributed by atoms with Crippen LogP contribution < -0.4 is 0 Å². The fourth-order valence-corrected chi connectivity index (χ4v) is 2.82. The highest BCUT2D eigenvalue weighted by Gasteiger charge is 2.00. The second-order valence-electron chi connectivity index (χ2n) is 5.80. The average Bonchev–Trinajstić information content (AvgIpc) is 2.75. The van der Waals surface area contributed by atoms with Crippen molar-refractivity contribution in [1.29, 1.82) is 0 Å². The lowest BCUT2D eigenvalue weighted by atomic mass is 10.1. The van der Waals surface area contributed by atoms with Gasteiger partial charge in [-0.25, -0.2) is 0 Å². The Bertz CT molecular complexity index is 1030. The van der Waals surface area contributed by atoms with Gasteiger partial charge < -0.3 is 0 Å². The fraction of sp³-hybridized carbons (Fsp3) is 0. The monoisotopic (exact) mass is 335 g/mol. The third-order valence-corrected chi connectivity index (χ3v) is 4.08. The summed E-state index contributed by atoms with van der Waals surface area (Å²) in [5, 5.41) is 2.28. The van der Waals surface area contributed by atoms with Crippen molar-refractivity contribution < 1.29 is 0 Å². The minimum atomic E-state index is 0.977. The molecule has 3 heteroatoms. The summed E-state index contributed by atoms with van der Waals surface area (Å²) < 4.78 is 0. The number of pyridine rings is 3. The number of fused-ring (bicyclic) bond motifs is 3. The van der Waals surface area contributed by atoms with Crippen LogP contribution in [0.1, 0.15) is 0 Å². The summed E-state index contributed by atoms with van der Waals surface area (Å²) >= 11 is 0. The zero-order valence-corrected chi connectivity index (χ0v) is 14.2. The largest absolute Gasteiger partial charge is 0.256 e. The molecular formula is C23H17N3. The molecule has 0 aliphatic carbocycles. The summed E-state index contributed by atoms with van der Waals surface area (Å²) in [5.41, 5.74) is 4.15. The standard InChI is InChI=1S/C12H8N2.C11H9N/c1-3-9-5-6-10-4-2-8-14-12(10)11(9)13-7-1;1-2-6-10(7-3-1)11-8-4-5-9-12-11/h1-8H;1-9H. The summed E-state index contributed by atoms with van der Waals surface area (Å²) in [4.78, 5) is 12.9. The quantitative estimate of drug-likeness (QED) is 0.378. The van der Waals surface area contributed by atoms with Gasteiger partial charge in [-0.3, -0.25) is 15.0 Å². The molecule has 2 aromatic carbocycles. The predicted octanol–water partition coefficient (Wildman–Crippen LogP) is 5.53. The van der Waals surface area contributed by atoms with E-state index in [4.69, 9.17) is 0 Å². The topological polar surface area (TPSA) is 38.7 Å². The van der Waals surface area contributed by atoms with Gasteiger partial charge in [0, 0.05) is 34.9 Å². The maximum Gasteiger partial charge on any atom is 0.0964 e. The van der Waals surface area contributed by atoms with Crippen LogP contribution in [0.25, 0.3) is 33.1 Å². The Morgan fingerprint density at radius 3 is 1.58 bits per heavy atom. The van der Waals surface area contributed by atoms with Gasteiger partial charge >= 0.3 is 0 Å². The summed E-state index contributed by atoms with van der Waals surface area (Å²) in [7, 11) is 0. The number of hydrogen-bond acceptors (Lipinski definition) is 3. The first-order chi connectivity index (χ1) is 12.9. The van der Waals surface area contributed by atoms with Crippen LogP contribution >= 0.6 is 0 Å². The molecule has 0 saturated heterocycles. The lowest BCUT2D eigenvalue weighted by Gasteiger charge is -2.00. The van der Waals surface area contributed by atoms with E-state index in [9.17, 15) is 0 Å². The van der Waals surface area contributed by atoms with Gasteiger partial charge in [0.1, 0.15) is 0 Å². The molecule has 3 heterocycles. The summed E-state index contributed by atoms with van der Waals surface area (Å²) in [6, 6.07) is 28.2. The van der Waals surface area contributed by atoms with Crippen molar-refractivity contribution in [2.24, 2.45) is 0 Å². The molecule has 124 valence electrons. The van der Waals surface area contributed by atoms with E-state index in [0.29, 0.717) is 0 Å². The molecule has 0 aliphatic rings. The Morgan fingerprint density at radius 2 is 1.00 bits per heavy atom. The van der Waals surface area contributed by atoms with Crippen molar-refractivity contribution in [3.05, 3.63) is 104 Å². The van der Waals surface area contributed by atoms with Crippen LogP contribution in [-0.2, 0) is 0 Å². The van der Waals surface area contributed by atoms with Crippen molar-refractivity contribution in [1.82, 2.24) is 15.0 Å². The highest BCUT2D eigenvalue weighted by Crippen LogP contribution is 2.20. The first-order valence-corrected chi connectivity index (χ1v) is 8.47. The second-order valence-corrected chi connectivity index (χ2v) is 5.80. The van der Waals surface area contributed by atoms with Gasteiger partial charge in [0.25, 0.3) is 0 Å². The molecule has 0 N–H and O–H groups in total. The van der Waals surface area contributed by atoms with Gasteiger partial charge in [-0.05, 0) is 24.3 Å². The number of hydrogen-bond donors (Lipinski definition) is 0. The van der Waals surface area contributed by atoms with Crippen LogP contribution in [0.2, 0.25) is 0 Å². The first kappa shape index (κ1) is 15.9. The molecule has 3 aromatic heterocycles. The Balaban J connectivity index is 0.000000131. The SMILES string of the molecule is c1ccc(-c2ccccn2)cc1.c1cnc2c(c1)ccc1cccnc12. The molecular weight excluding hydrogens is 318 g/mol. The molecule has 0 saturated carbocycles. The van der Waals surface area contributed by atoms with Crippen LogP contribution in [0.4, 0.5) is 0 Å². The molecule has 3 nitrogen and oxygen atoms in total. The Labute approximate surface area is 152 Å². The van der Waals surface area contributed by atoms with Crippen molar-refractivity contribution in [2.45, 2.75) is 0 Å². The zero-order valence-electron chi connectivity index (χ0n) is 14.2. The normalized spacial score (nSPS) is 10.3. The fourth-order valence-electron chi connectivity index (χ4n) is 2.82. The van der Waals surface area contributed by atoms with Crippen LogP contribution in [0.3, 0.4) is 0 Å². The van der Waals surface area contributed by atoms with Crippen LogP contribution in [0, 0.1) is 0 Å². The molecule has 0 bridgehead atoms. The maximum atomic E-state index is 4.35. The van der Waals surface area contributed by atoms with Gasteiger partial charge in [-0.2, -0.15) is 0 Å². The maximum absolute atomic E-state index is 4.35. The Hall–Kier alpha value is -3.59. The van der Waals surface area contributed by atoms with Crippen LogP contribution in [0.15, 0.2) is 104 Å². The van der Waals surface area contributed by atoms with E-state index in [1.165, 1.54) is 0 Å². The molecule has 26 heavy (non-hydrogen) atoms. The number of rotatable bonds is 1. The van der Waals surface area contributed by atoms with E-state index >= 15 is 0 Å². The Kier molecular flexibility index (Phi) is 4.61. The first-order valence-electron chi connectivity index (χ1n) is 8.47. The molecule has 0 radical (unpaired) electrons.